The molecule has 2 N–H and O–H groups in total. The highest BCUT2D eigenvalue weighted by Gasteiger charge is 2.35. The predicted molar refractivity (Wildman–Crippen MR) is 119 cm³/mol. The van der Waals surface area contributed by atoms with E-state index in [1.165, 1.54) is 5.56 Å². The van der Waals surface area contributed by atoms with Crippen molar-refractivity contribution in [1.29, 1.82) is 0 Å². The van der Waals surface area contributed by atoms with Crippen LogP contribution in [-0.4, -0.2) is 46.2 Å². The lowest BCUT2D eigenvalue weighted by Crippen LogP contribution is -2.35. The van der Waals surface area contributed by atoms with Gasteiger partial charge in [0, 0.05) is 44.1 Å². The molecule has 3 heterocycles. The maximum Gasteiger partial charge on any atom is 0.227 e. The van der Waals surface area contributed by atoms with Crippen molar-refractivity contribution in [2.24, 2.45) is 5.92 Å². The number of hydrogen-bond donors (Lipinski definition) is 2. The molecule has 4 rings (SSSR count). The summed E-state index contributed by atoms with van der Waals surface area (Å²) in [6.07, 6.45) is 4.04. The standard InChI is InChI=1S/C23H26N6O2/c1-16-5-6-19(13-17(16)2)29-15-18(14-22(29)30)23(31)25-10-9-24-20-7-8-21(27-26-20)28-11-3-4-12-28/h3-8,11-13,18H,9-10,14-15H2,1-2H3,(H,24,26)(H,25,31). The number of benzene rings is 1. The van der Waals surface area contributed by atoms with E-state index in [4.69, 9.17) is 0 Å². The number of aromatic nitrogens is 3. The lowest BCUT2D eigenvalue weighted by Gasteiger charge is -2.18. The minimum Gasteiger partial charge on any atom is -0.367 e. The molecule has 1 fully saturated rings. The maximum absolute atomic E-state index is 12.5. The van der Waals surface area contributed by atoms with Crippen molar-refractivity contribution < 1.29 is 9.59 Å². The van der Waals surface area contributed by atoms with Crippen LogP contribution >= 0.6 is 0 Å². The Bertz CT molecular complexity index is 1060. The SMILES string of the molecule is Cc1ccc(N2CC(C(=O)NCCNc3ccc(-n4cccc4)nn3)CC2=O)cc1C. The molecule has 2 amide bonds. The monoisotopic (exact) mass is 418 g/mol. The van der Waals surface area contributed by atoms with Crippen molar-refractivity contribution in [2.75, 3.05) is 29.9 Å². The first-order valence-electron chi connectivity index (χ1n) is 10.4. The number of aryl methyl sites for hydroxylation is 2. The zero-order chi connectivity index (χ0) is 21.8. The fraction of sp³-hybridized carbons (Fsp3) is 0.304. The topological polar surface area (TPSA) is 92.2 Å². The van der Waals surface area contributed by atoms with E-state index >= 15 is 0 Å². The summed E-state index contributed by atoms with van der Waals surface area (Å²) in [5.74, 6) is 0.926. The summed E-state index contributed by atoms with van der Waals surface area (Å²) in [4.78, 5) is 26.7. The molecule has 8 heteroatoms. The number of rotatable bonds is 7. The quantitative estimate of drug-likeness (QED) is 0.575. The van der Waals surface area contributed by atoms with Crippen molar-refractivity contribution in [1.82, 2.24) is 20.1 Å². The molecule has 1 unspecified atom stereocenters. The molecule has 31 heavy (non-hydrogen) atoms. The van der Waals surface area contributed by atoms with Crippen LogP contribution in [0.4, 0.5) is 11.5 Å². The average molecular weight is 419 g/mol. The van der Waals surface area contributed by atoms with Crippen molar-refractivity contribution in [3.05, 3.63) is 66.0 Å². The second-order valence-corrected chi connectivity index (χ2v) is 7.76. The first-order chi connectivity index (χ1) is 15.0. The Balaban J connectivity index is 1.24. The first-order valence-corrected chi connectivity index (χ1v) is 10.4. The fourth-order valence-electron chi connectivity index (χ4n) is 3.59. The van der Waals surface area contributed by atoms with Crippen LogP contribution in [0, 0.1) is 19.8 Å². The summed E-state index contributed by atoms with van der Waals surface area (Å²) < 4.78 is 1.88. The predicted octanol–water partition coefficient (Wildman–Crippen LogP) is 2.47. The molecule has 8 nitrogen and oxygen atoms in total. The van der Waals surface area contributed by atoms with Crippen molar-refractivity contribution in [3.8, 4) is 5.82 Å². The zero-order valence-corrected chi connectivity index (χ0v) is 17.7. The van der Waals surface area contributed by atoms with Gasteiger partial charge in [-0.05, 0) is 61.4 Å². The Kier molecular flexibility index (Phi) is 5.97. The van der Waals surface area contributed by atoms with E-state index in [2.05, 4.69) is 20.8 Å². The number of hydrogen-bond acceptors (Lipinski definition) is 5. The molecule has 1 aromatic carbocycles. The Morgan fingerprint density at radius 3 is 2.58 bits per heavy atom. The van der Waals surface area contributed by atoms with E-state index in [9.17, 15) is 9.59 Å². The van der Waals surface area contributed by atoms with E-state index in [1.807, 2.05) is 73.3 Å². The molecule has 0 radical (unpaired) electrons. The Labute approximate surface area is 181 Å². The average Bonchev–Trinajstić information content (AvgIpc) is 3.44. The number of carbonyl (C=O) groups is 2. The van der Waals surface area contributed by atoms with E-state index in [-0.39, 0.29) is 24.2 Å². The van der Waals surface area contributed by atoms with Crippen LogP contribution in [0.5, 0.6) is 0 Å². The number of nitrogens with one attached hydrogen (secondary N) is 2. The molecule has 3 aromatic rings. The van der Waals surface area contributed by atoms with Crippen LogP contribution in [-0.2, 0) is 9.59 Å². The lowest BCUT2D eigenvalue weighted by atomic mass is 10.1. The molecule has 1 aliphatic rings. The summed E-state index contributed by atoms with van der Waals surface area (Å²) >= 11 is 0. The lowest BCUT2D eigenvalue weighted by molar-refractivity contribution is -0.126. The van der Waals surface area contributed by atoms with Gasteiger partial charge >= 0.3 is 0 Å². The molecule has 0 aliphatic carbocycles. The minimum absolute atomic E-state index is 0.0143. The Morgan fingerprint density at radius 1 is 1.06 bits per heavy atom. The number of carbonyl (C=O) groups excluding carboxylic acids is 2. The van der Waals surface area contributed by atoms with Gasteiger partial charge in [0.2, 0.25) is 11.8 Å². The normalized spacial score (nSPS) is 15.9. The molecule has 2 aromatic heterocycles. The van der Waals surface area contributed by atoms with Gasteiger partial charge in [0.15, 0.2) is 5.82 Å². The van der Waals surface area contributed by atoms with Crippen molar-refractivity contribution >= 4 is 23.3 Å². The van der Waals surface area contributed by atoms with Crippen LogP contribution in [0.15, 0.2) is 54.9 Å². The van der Waals surface area contributed by atoms with Crippen LogP contribution < -0.4 is 15.5 Å². The molecule has 0 saturated carbocycles. The van der Waals surface area contributed by atoms with Gasteiger partial charge in [-0.2, -0.15) is 0 Å². The van der Waals surface area contributed by atoms with E-state index < -0.39 is 0 Å². The molecule has 160 valence electrons. The third-order valence-electron chi connectivity index (χ3n) is 5.55. The number of amides is 2. The van der Waals surface area contributed by atoms with Gasteiger partial charge < -0.3 is 20.1 Å². The summed E-state index contributed by atoms with van der Waals surface area (Å²) in [6, 6.07) is 13.5. The summed E-state index contributed by atoms with van der Waals surface area (Å²) in [6.45, 7) is 5.43. The van der Waals surface area contributed by atoms with Gasteiger partial charge in [-0.1, -0.05) is 6.07 Å². The maximum atomic E-state index is 12.5. The molecule has 1 aliphatic heterocycles. The molecular formula is C23H26N6O2. The molecule has 0 spiro atoms. The van der Waals surface area contributed by atoms with Gasteiger partial charge in [0.25, 0.3) is 0 Å². The smallest absolute Gasteiger partial charge is 0.227 e. The van der Waals surface area contributed by atoms with Crippen LogP contribution in [0.25, 0.3) is 5.82 Å². The second-order valence-electron chi connectivity index (χ2n) is 7.76. The van der Waals surface area contributed by atoms with Gasteiger partial charge in [-0.3, -0.25) is 9.59 Å². The summed E-state index contributed by atoms with van der Waals surface area (Å²) in [5.41, 5.74) is 3.17. The first kappa shape index (κ1) is 20.6. The van der Waals surface area contributed by atoms with Gasteiger partial charge in [0.05, 0.1) is 5.92 Å². The van der Waals surface area contributed by atoms with Gasteiger partial charge in [-0.25, -0.2) is 0 Å². The highest BCUT2D eigenvalue weighted by molar-refractivity contribution is 6.00. The molecule has 0 bridgehead atoms. The number of anilines is 2. The Morgan fingerprint density at radius 2 is 1.87 bits per heavy atom. The fourth-order valence-corrected chi connectivity index (χ4v) is 3.59. The molecular weight excluding hydrogens is 392 g/mol. The molecule has 1 saturated heterocycles. The summed E-state index contributed by atoms with van der Waals surface area (Å²) in [7, 11) is 0. The summed E-state index contributed by atoms with van der Waals surface area (Å²) in [5, 5.41) is 14.4. The Hall–Kier alpha value is -3.68. The third-order valence-corrected chi connectivity index (χ3v) is 5.55. The van der Waals surface area contributed by atoms with Crippen molar-refractivity contribution in [2.45, 2.75) is 20.3 Å². The van der Waals surface area contributed by atoms with E-state index in [0.717, 1.165) is 17.1 Å². The van der Waals surface area contributed by atoms with Crippen molar-refractivity contribution in [3.63, 3.8) is 0 Å². The minimum atomic E-state index is -0.338. The molecule has 1 atom stereocenters. The number of nitrogens with zero attached hydrogens (tertiary/aromatic N) is 4. The highest BCUT2D eigenvalue weighted by Crippen LogP contribution is 2.26. The van der Waals surface area contributed by atoms with Gasteiger partial charge in [-0.15, -0.1) is 10.2 Å². The second kappa shape index (κ2) is 8.99. The zero-order valence-electron chi connectivity index (χ0n) is 17.7. The van der Waals surface area contributed by atoms with Gasteiger partial charge in [0.1, 0.15) is 5.82 Å². The van der Waals surface area contributed by atoms with E-state index in [1.54, 1.807) is 4.90 Å². The van der Waals surface area contributed by atoms with E-state index in [0.29, 0.717) is 25.5 Å². The third kappa shape index (κ3) is 4.74. The van der Waals surface area contributed by atoms with Crippen LogP contribution in [0.2, 0.25) is 0 Å². The largest absolute Gasteiger partial charge is 0.367 e. The highest BCUT2D eigenvalue weighted by atomic mass is 16.2. The van der Waals surface area contributed by atoms with Crippen LogP contribution in [0.1, 0.15) is 17.5 Å². The van der Waals surface area contributed by atoms with Crippen LogP contribution in [0.3, 0.4) is 0 Å².